The van der Waals surface area contributed by atoms with Crippen LogP contribution in [0, 0.1) is 5.92 Å². The molecule has 0 heterocycles. The van der Waals surface area contributed by atoms with Gasteiger partial charge in [-0.1, -0.05) is 19.9 Å². The van der Waals surface area contributed by atoms with Crippen molar-refractivity contribution in [3.05, 3.63) is 22.8 Å². The van der Waals surface area contributed by atoms with E-state index in [9.17, 15) is 9.59 Å². The van der Waals surface area contributed by atoms with Gasteiger partial charge >= 0.3 is 0 Å². The number of nitrogen functional groups attached to an aromatic ring is 2. The van der Waals surface area contributed by atoms with Crippen LogP contribution in [0.2, 0.25) is 0 Å². The third-order valence-electron chi connectivity index (χ3n) is 4.53. The largest absolute Gasteiger partial charge is 0.398 e. The lowest BCUT2D eigenvalue weighted by atomic mass is 9.88. The van der Waals surface area contributed by atoms with E-state index in [2.05, 4.69) is 10.9 Å². The topological polar surface area (TPSA) is 162 Å². The Morgan fingerprint density at radius 3 is 2.04 bits per heavy atom. The van der Waals surface area contributed by atoms with Crippen molar-refractivity contribution in [3.63, 3.8) is 0 Å². The molecule has 1 aromatic rings. The molecule has 1 aromatic carbocycles. The minimum atomic E-state index is -0.419. The zero-order valence-electron chi connectivity index (χ0n) is 15.0. The normalized spacial score (nSPS) is 11.8. The lowest BCUT2D eigenvalue weighted by Crippen LogP contribution is -2.37. The highest BCUT2D eigenvalue weighted by Gasteiger charge is 2.22. The summed E-state index contributed by atoms with van der Waals surface area (Å²) in [7, 11) is 0. The molecule has 2 amide bonds. The first-order valence-electron chi connectivity index (χ1n) is 8.57. The molecule has 0 bridgehead atoms. The van der Waals surface area contributed by atoms with E-state index in [0.717, 1.165) is 29.5 Å². The maximum Gasteiger partial charge on any atom is 0.237 e. The van der Waals surface area contributed by atoms with Crippen molar-refractivity contribution >= 4 is 23.2 Å². The highest BCUT2D eigenvalue weighted by molar-refractivity contribution is 5.80. The van der Waals surface area contributed by atoms with Gasteiger partial charge in [0, 0.05) is 23.7 Å². The molecule has 0 saturated heterocycles. The molecular formula is C17H30N6O2. The number of nitrogens with two attached hydrogens (primary N) is 4. The van der Waals surface area contributed by atoms with Gasteiger partial charge in [0.2, 0.25) is 11.8 Å². The van der Waals surface area contributed by atoms with E-state index in [1.807, 2.05) is 19.9 Å². The van der Waals surface area contributed by atoms with Crippen molar-refractivity contribution in [2.75, 3.05) is 11.5 Å². The van der Waals surface area contributed by atoms with Crippen molar-refractivity contribution in [2.24, 2.45) is 17.6 Å². The molecule has 0 aliphatic rings. The molecular weight excluding hydrogens is 320 g/mol. The number of carbonyl (C=O) groups is 2. The molecule has 1 unspecified atom stereocenters. The van der Waals surface area contributed by atoms with Crippen LogP contribution in [-0.4, -0.2) is 11.8 Å². The standard InChI is InChI=1S/C17H30N6O2/c1-3-10-8-11(4-2)16(19)13(15(10)18)9-12(17(25)23-21)6-5-7-14(24)22-20/h8,12H,3-7,9,18-21H2,1-2H3,(H,22,24)(H,23,25). The van der Waals surface area contributed by atoms with Crippen molar-refractivity contribution < 1.29 is 9.59 Å². The summed E-state index contributed by atoms with van der Waals surface area (Å²) < 4.78 is 0. The number of hydrogen-bond donors (Lipinski definition) is 6. The SMILES string of the molecule is CCc1cc(CC)c(N)c(CC(CCCC(=O)NN)C(=O)NN)c1N. The number of aryl methyl sites for hydroxylation is 2. The van der Waals surface area contributed by atoms with Gasteiger partial charge < -0.3 is 11.5 Å². The number of hydrazine groups is 2. The summed E-state index contributed by atoms with van der Waals surface area (Å²) in [4.78, 5) is 23.4. The molecule has 0 fully saturated rings. The van der Waals surface area contributed by atoms with Crippen LogP contribution in [0.15, 0.2) is 6.07 Å². The van der Waals surface area contributed by atoms with Gasteiger partial charge in [0.15, 0.2) is 0 Å². The molecule has 1 rings (SSSR count). The van der Waals surface area contributed by atoms with Crippen LogP contribution >= 0.6 is 0 Å². The van der Waals surface area contributed by atoms with Gasteiger partial charge in [-0.2, -0.15) is 0 Å². The average Bonchev–Trinajstić information content (AvgIpc) is 2.62. The number of benzene rings is 1. The summed E-state index contributed by atoms with van der Waals surface area (Å²) in [6.45, 7) is 4.06. The maximum atomic E-state index is 12.2. The molecule has 10 N–H and O–H groups in total. The number of hydrogen-bond acceptors (Lipinski definition) is 6. The van der Waals surface area contributed by atoms with Crippen LogP contribution in [0.3, 0.4) is 0 Å². The second kappa shape index (κ2) is 9.85. The van der Waals surface area contributed by atoms with E-state index in [4.69, 9.17) is 23.2 Å². The van der Waals surface area contributed by atoms with Gasteiger partial charge in [-0.3, -0.25) is 20.4 Å². The Labute approximate surface area is 148 Å². The van der Waals surface area contributed by atoms with Crippen LogP contribution in [-0.2, 0) is 28.9 Å². The van der Waals surface area contributed by atoms with E-state index >= 15 is 0 Å². The Kier molecular flexibility index (Phi) is 8.17. The summed E-state index contributed by atoms with van der Waals surface area (Å²) in [6.07, 6.45) is 3.19. The zero-order valence-corrected chi connectivity index (χ0v) is 15.0. The monoisotopic (exact) mass is 350 g/mol. The molecule has 8 nitrogen and oxygen atoms in total. The highest BCUT2D eigenvalue weighted by Crippen LogP contribution is 2.32. The predicted octanol–water partition coefficient (Wildman–Crippen LogP) is 0.285. The fourth-order valence-corrected chi connectivity index (χ4v) is 2.97. The van der Waals surface area contributed by atoms with Gasteiger partial charge in [0.05, 0.1) is 0 Å². The van der Waals surface area contributed by atoms with E-state index in [1.165, 1.54) is 0 Å². The van der Waals surface area contributed by atoms with E-state index in [1.54, 1.807) is 0 Å². The number of rotatable bonds is 9. The number of anilines is 2. The lowest BCUT2D eigenvalue weighted by molar-refractivity contribution is -0.126. The smallest absolute Gasteiger partial charge is 0.237 e. The van der Waals surface area contributed by atoms with Gasteiger partial charge in [-0.05, 0) is 48.8 Å². The average molecular weight is 350 g/mol. The van der Waals surface area contributed by atoms with Gasteiger partial charge in [0.25, 0.3) is 0 Å². The van der Waals surface area contributed by atoms with Crippen LogP contribution < -0.4 is 34.0 Å². The van der Waals surface area contributed by atoms with Crippen LogP contribution in [0.1, 0.15) is 49.8 Å². The Hall–Kier alpha value is -2.32. The first-order valence-corrected chi connectivity index (χ1v) is 8.57. The minimum absolute atomic E-state index is 0.241. The molecule has 8 heteroatoms. The number of carbonyl (C=O) groups excluding carboxylic acids is 2. The Balaban J connectivity index is 3.07. The molecule has 0 aliphatic carbocycles. The van der Waals surface area contributed by atoms with E-state index < -0.39 is 5.92 Å². The fraction of sp³-hybridized carbons (Fsp3) is 0.529. The Bertz CT molecular complexity index is 589. The molecule has 0 spiro atoms. The Morgan fingerprint density at radius 2 is 1.60 bits per heavy atom. The summed E-state index contributed by atoms with van der Waals surface area (Å²) >= 11 is 0. The first kappa shape index (κ1) is 20.7. The molecule has 1 atom stereocenters. The number of amides is 2. The van der Waals surface area contributed by atoms with E-state index in [0.29, 0.717) is 30.6 Å². The minimum Gasteiger partial charge on any atom is -0.398 e. The van der Waals surface area contributed by atoms with Crippen molar-refractivity contribution in [1.29, 1.82) is 0 Å². The van der Waals surface area contributed by atoms with Crippen molar-refractivity contribution in [2.45, 2.75) is 52.4 Å². The Morgan fingerprint density at radius 1 is 1.04 bits per heavy atom. The molecule has 0 aliphatic heterocycles. The van der Waals surface area contributed by atoms with Gasteiger partial charge in [-0.25, -0.2) is 11.7 Å². The molecule has 25 heavy (non-hydrogen) atoms. The summed E-state index contributed by atoms with van der Waals surface area (Å²) in [5.41, 5.74) is 20.9. The van der Waals surface area contributed by atoms with Crippen LogP contribution in [0.4, 0.5) is 11.4 Å². The summed E-state index contributed by atoms with van der Waals surface area (Å²) in [5.74, 6) is 9.39. The van der Waals surface area contributed by atoms with Gasteiger partial charge in [0.1, 0.15) is 0 Å². The van der Waals surface area contributed by atoms with Gasteiger partial charge in [-0.15, -0.1) is 0 Å². The first-order chi connectivity index (χ1) is 11.9. The summed E-state index contributed by atoms with van der Waals surface area (Å²) in [5, 5.41) is 0. The van der Waals surface area contributed by atoms with E-state index in [-0.39, 0.29) is 18.2 Å². The van der Waals surface area contributed by atoms with Crippen molar-refractivity contribution in [3.8, 4) is 0 Å². The summed E-state index contributed by atoms with van der Waals surface area (Å²) in [6, 6.07) is 2.03. The second-order valence-corrected chi connectivity index (χ2v) is 6.08. The maximum absolute atomic E-state index is 12.2. The molecule has 0 aromatic heterocycles. The highest BCUT2D eigenvalue weighted by atomic mass is 16.2. The fourth-order valence-electron chi connectivity index (χ4n) is 2.97. The lowest BCUT2D eigenvalue weighted by Gasteiger charge is -2.21. The quantitative estimate of drug-likeness (QED) is 0.162. The molecule has 140 valence electrons. The van der Waals surface area contributed by atoms with Crippen LogP contribution in [0.25, 0.3) is 0 Å². The van der Waals surface area contributed by atoms with Crippen LogP contribution in [0.5, 0.6) is 0 Å². The third-order valence-corrected chi connectivity index (χ3v) is 4.53. The molecule has 0 saturated carbocycles. The number of nitrogens with one attached hydrogen (secondary N) is 2. The second-order valence-electron chi connectivity index (χ2n) is 6.08. The predicted molar refractivity (Wildman–Crippen MR) is 99.7 cm³/mol. The molecule has 0 radical (unpaired) electrons. The van der Waals surface area contributed by atoms with Crippen molar-refractivity contribution in [1.82, 2.24) is 10.9 Å². The third kappa shape index (κ3) is 5.33. The zero-order chi connectivity index (χ0) is 19.0.